The minimum Gasteiger partial charge on any atom is -0.462 e. The Labute approximate surface area is 155 Å². The normalized spacial score (nSPS) is 13.2. The van der Waals surface area contributed by atoms with E-state index in [0.29, 0.717) is 15.8 Å². The molecular weight excluding hydrogens is 397 g/mol. The molecule has 0 fully saturated rings. The van der Waals surface area contributed by atoms with E-state index in [0.717, 1.165) is 12.8 Å². The number of ether oxygens (including phenoxy) is 1. The first-order valence-corrected chi connectivity index (χ1v) is 9.59. The van der Waals surface area contributed by atoms with E-state index in [1.165, 1.54) is 30.8 Å². The van der Waals surface area contributed by atoms with E-state index >= 15 is 0 Å². The van der Waals surface area contributed by atoms with Gasteiger partial charge in [-0.3, -0.25) is 9.59 Å². The van der Waals surface area contributed by atoms with Crippen LogP contribution in [0, 0.1) is 5.82 Å². The number of thioether (sulfide) groups is 1. The topological polar surface area (TPSA) is 55.4 Å². The first-order valence-electron chi connectivity index (χ1n) is 7.92. The largest absolute Gasteiger partial charge is 0.462 e. The molecule has 134 valence electrons. The van der Waals surface area contributed by atoms with Crippen LogP contribution < -0.4 is 5.32 Å². The average Bonchev–Trinajstić information content (AvgIpc) is 2.50. The van der Waals surface area contributed by atoms with Crippen molar-refractivity contribution in [1.29, 1.82) is 0 Å². The molecule has 0 aromatic heterocycles. The predicted molar refractivity (Wildman–Crippen MR) is 98.8 cm³/mol. The molecule has 1 aromatic rings. The molecule has 0 radical (unpaired) electrons. The van der Waals surface area contributed by atoms with Crippen LogP contribution in [0.3, 0.4) is 0 Å². The van der Waals surface area contributed by atoms with Gasteiger partial charge < -0.3 is 10.1 Å². The smallest absolute Gasteiger partial charge is 0.319 e. The van der Waals surface area contributed by atoms with Crippen molar-refractivity contribution in [1.82, 2.24) is 0 Å². The van der Waals surface area contributed by atoms with Gasteiger partial charge in [0.2, 0.25) is 5.91 Å². The van der Waals surface area contributed by atoms with Crippen molar-refractivity contribution in [3.8, 4) is 0 Å². The molecule has 4 nitrogen and oxygen atoms in total. The van der Waals surface area contributed by atoms with Crippen LogP contribution >= 0.6 is 27.7 Å². The zero-order valence-corrected chi connectivity index (χ0v) is 16.7. The zero-order chi connectivity index (χ0) is 18.3. The van der Waals surface area contributed by atoms with Gasteiger partial charge in [-0.2, -0.15) is 0 Å². The molecule has 7 heteroatoms. The molecule has 24 heavy (non-hydrogen) atoms. The number of rotatable bonds is 8. The van der Waals surface area contributed by atoms with Crippen LogP contribution in [0.25, 0.3) is 0 Å². The Hall–Kier alpha value is -1.08. The van der Waals surface area contributed by atoms with Gasteiger partial charge in [-0.05, 0) is 47.8 Å². The molecule has 1 rings (SSSR count). The third kappa shape index (κ3) is 6.43. The number of amides is 1. The molecule has 2 unspecified atom stereocenters. The highest BCUT2D eigenvalue weighted by Gasteiger charge is 2.24. The maximum Gasteiger partial charge on any atom is 0.319 e. The summed E-state index contributed by atoms with van der Waals surface area (Å²) in [6.07, 6.45) is 2.09. The standard InChI is InChI=1S/C17H23BrFNO3S/c1-5-7-15(17(22)23-10(3)6-2)24-16-9-14(20-11(4)21)13(19)8-12(16)18/h8-10,15H,5-7H2,1-4H3,(H,20,21). The highest BCUT2D eigenvalue weighted by Crippen LogP contribution is 2.36. The van der Waals surface area contributed by atoms with E-state index in [4.69, 9.17) is 4.74 Å². The Morgan fingerprint density at radius 2 is 2.04 bits per heavy atom. The van der Waals surface area contributed by atoms with Gasteiger partial charge in [0, 0.05) is 16.3 Å². The Kier molecular flexibility index (Phi) is 8.76. The maximum absolute atomic E-state index is 13.9. The van der Waals surface area contributed by atoms with E-state index in [1.807, 2.05) is 20.8 Å². The predicted octanol–water partition coefficient (Wildman–Crippen LogP) is 5.15. The van der Waals surface area contributed by atoms with Gasteiger partial charge in [0.25, 0.3) is 0 Å². The van der Waals surface area contributed by atoms with Gasteiger partial charge in [0.15, 0.2) is 0 Å². The van der Waals surface area contributed by atoms with Gasteiger partial charge in [-0.15, -0.1) is 11.8 Å². The van der Waals surface area contributed by atoms with Crippen LogP contribution in [0.5, 0.6) is 0 Å². The molecule has 1 N–H and O–H groups in total. The summed E-state index contributed by atoms with van der Waals surface area (Å²) in [6, 6.07) is 2.82. The molecule has 0 spiro atoms. The van der Waals surface area contributed by atoms with Gasteiger partial charge in [-0.1, -0.05) is 20.3 Å². The van der Waals surface area contributed by atoms with E-state index in [1.54, 1.807) is 0 Å². The Bertz CT molecular complexity index is 597. The minimum absolute atomic E-state index is 0.0961. The highest BCUT2D eigenvalue weighted by molar-refractivity contribution is 9.10. The molecule has 1 aromatic carbocycles. The number of halogens is 2. The van der Waals surface area contributed by atoms with Crippen molar-refractivity contribution in [2.24, 2.45) is 0 Å². The van der Waals surface area contributed by atoms with Gasteiger partial charge in [0.1, 0.15) is 11.1 Å². The summed E-state index contributed by atoms with van der Waals surface area (Å²) in [5, 5.41) is 2.07. The monoisotopic (exact) mass is 419 g/mol. The Balaban J connectivity index is 3.00. The zero-order valence-electron chi connectivity index (χ0n) is 14.3. The number of carbonyl (C=O) groups excluding carboxylic acids is 2. The molecule has 0 aliphatic carbocycles. The number of esters is 1. The fraction of sp³-hybridized carbons (Fsp3) is 0.529. The second-order valence-electron chi connectivity index (χ2n) is 5.49. The summed E-state index contributed by atoms with van der Waals surface area (Å²) < 4.78 is 19.9. The third-order valence-electron chi connectivity index (χ3n) is 3.31. The summed E-state index contributed by atoms with van der Waals surface area (Å²) in [7, 11) is 0. The van der Waals surface area contributed by atoms with E-state index in [2.05, 4.69) is 21.2 Å². The minimum atomic E-state index is -0.532. The van der Waals surface area contributed by atoms with Crippen molar-refractivity contribution in [2.75, 3.05) is 5.32 Å². The van der Waals surface area contributed by atoms with Crippen LogP contribution in [-0.4, -0.2) is 23.2 Å². The molecule has 0 aliphatic rings. The third-order valence-corrected chi connectivity index (χ3v) is 5.53. The lowest BCUT2D eigenvalue weighted by Crippen LogP contribution is -2.24. The SMILES string of the molecule is CCCC(Sc1cc(NC(C)=O)c(F)cc1Br)C(=O)OC(C)CC. The lowest BCUT2D eigenvalue weighted by Gasteiger charge is -2.19. The van der Waals surface area contributed by atoms with Crippen molar-refractivity contribution in [2.45, 2.75) is 63.2 Å². The van der Waals surface area contributed by atoms with Crippen molar-refractivity contribution in [3.05, 3.63) is 22.4 Å². The maximum atomic E-state index is 13.9. The molecule has 0 heterocycles. The van der Waals surface area contributed by atoms with Crippen LogP contribution in [0.15, 0.2) is 21.5 Å². The van der Waals surface area contributed by atoms with Crippen LogP contribution in [0.1, 0.15) is 47.0 Å². The van der Waals surface area contributed by atoms with E-state index in [-0.39, 0.29) is 28.9 Å². The summed E-state index contributed by atoms with van der Waals surface area (Å²) in [5.74, 6) is -1.15. The summed E-state index contributed by atoms with van der Waals surface area (Å²) >= 11 is 4.63. The molecule has 0 bridgehead atoms. The Morgan fingerprint density at radius 1 is 1.38 bits per heavy atom. The molecule has 1 amide bonds. The number of benzene rings is 1. The van der Waals surface area contributed by atoms with Gasteiger partial charge >= 0.3 is 5.97 Å². The van der Waals surface area contributed by atoms with E-state index < -0.39 is 5.82 Å². The molecule has 0 saturated carbocycles. The van der Waals surface area contributed by atoms with Crippen molar-refractivity contribution in [3.63, 3.8) is 0 Å². The lowest BCUT2D eigenvalue weighted by atomic mass is 10.2. The first-order chi connectivity index (χ1) is 11.3. The second kappa shape index (κ2) is 10.0. The number of hydrogen-bond donors (Lipinski definition) is 1. The first kappa shape index (κ1) is 21.0. The quantitative estimate of drug-likeness (QED) is 0.467. The van der Waals surface area contributed by atoms with Crippen LogP contribution in [0.2, 0.25) is 0 Å². The molecular formula is C17H23BrFNO3S. The number of anilines is 1. The van der Waals surface area contributed by atoms with Gasteiger partial charge in [-0.25, -0.2) is 4.39 Å². The summed E-state index contributed by atoms with van der Waals surface area (Å²) in [4.78, 5) is 24.2. The molecule has 0 aliphatic heterocycles. The molecule has 0 saturated heterocycles. The molecule has 2 atom stereocenters. The van der Waals surface area contributed by atoms with Gasteiger partial charge in [0.05, 0.1) is 11.8 Å². The fourth-order valence-electron chi connectivity index (χ4n) is 1.90. The number of hydrogen-bond acceptors (Lipinski definition) is 4. The Morgan fingerprint density at radius 3 is 2.58 bits per heavy atom. The summed E-state index contributed by atoms with van der Waals surface area (Å²) in [5.41, 5.74) is 0.0961. The van der Waals surface area contributed by atoms with Crippen LogP contribution in [0.4, 0.5) is 10.1 Å². The highest BCUT2D eigenvalue weighted by atomic mass is 79.9. The fourth-order valence-corrected chi connectivity index (χ4v) is 3.67. The second-order valence-corrected chi connectivity index (χ2v) is 7.59. The lowest BCUT2D eigenvalue weighted by molar-refractivity contribution is -0.147. The van der Waals surface area contributed by atoms with E-state index in [9.17, 15) is 14.0 Å². The number of carbonyl (C=O) groups is 2. The average molecular weight is 420 g/mol. The van der Waals surface area contributed by atoms with Crippen molar-refractivity contribution < 1.29 is 18.7 Å². The van der Waals surface area contributed by atoms with Crippen molar-refractivity contribution >= 4 is 45.3 Å². The number of nitrogens with one attached hydrogen (secondary N) is 1. The van der Waals surface area contributed by atoms with Crippen LogP contribution in [-0.2, 0) is 14.3 Å². The summed E-state index contributed by atoms with van der Waals surface area (Å²) in [6.45, 7) is 7.12.